The van der Waals surface area contributed by atoms with Crippen LogP contribution in [-0.2, 0) is 11.3 Å². The van der Waals surface area contributed by atoms with E-state index in [1.807, 2.05) is 6.92 Å². The summed E-state index contributed by atoms with van der Waals surface area (Å²) in [6.07, 6.45) is 1.28. The van der Waals surface area contributed by atoms with E-state index in [1.54, 1.807) is 0 Å². The fourth-order valence-electron chi connectivity index (χ4n) is 2.81. The maximum absolute atomic E-state index is 11.7. The second kappa shape index (κ2) is 15.5. The van der Waals surface area contributed by atoms with Crippen molar-refractivity contribution in [2.24, 2.45) is 5.73 Å². The molecule has 5 nitrogen and oxygen atoms in total. The molecule has 0 saturated carbocycles. The van der Waals surface area contributed by atoms with E-state index in [-0.39, 0.29) is 49.2 Å². The number of benzene rings is 1. The van der Waals surface area contributed by atoms with Gasteiger partial charge in [-0.05, 0) is 18.9 Å². The minimum absolute atomic E-state index is 0. The topological polar surface area (TPSA) is 61.6 Å². The van der Waals surface area contributed by atoms with Crippen molar-refractivity contribution in [2.75, 3.05) is 39.3 Å². The molecular weight excluding hydrogens is 395 g/mol. The van der Waals surface area contributed by atoms with Gasteiger partial charge in [-0.25, -0.2) is 0 Å². The highest BCUT2D eigenvalue weighted by atomic mass is 35.5. The van der Waals surface area contributed by atoms with Crippen LogP contribution in [0.3, 0.4) is 0 Å². The second-order valence-corrected chi connectivity index (χ2v) is 6.47. The fourth-order valence-corrected chi connectivity index (χ4v) is 2.81. The Labute approximate surface area is 176 Å². The molecule has 3 N–H and O–H groups in total. The highest BCUT2D eigenvalue weighted by Gasteiger charge is 2.16. The zero-order valence-electron chi connectivity index (χ0n) is 15.4. The van der Waals surface area contributed by atoms with E-state index in [0.717, 1.165) is 52.2 Å². The first kappa shape index (κ1) is 27.7. The molecule has 152 valence electrons. The number of amides is 1. The molecule has 1 unspecified atom stereocenters. The summed E-state index contributed by atoms with van der Waals surface area (Å²) in [4.78, 5) is 16.6. The minimum Gasteiger partial charge on any atom is -0.355 e. The summed E-state index contributed by atoms with van der Waals surface area (Å²) in [5, 5.41) is 2.99. The molecule has 1 aromatic carbocycles. The predicted octanol–water partition coefficient (Wildman–Crippen LogP) is 2.31. The average molecular weight is 428 g/mol. The number of carbonyl (C=O) groups excluding carboxylic acids is 1. The van der Waals surface area contributed by atoms with Crippen LogP contribution in [0.4, 0.5) is 0 Å². The van der Waals surface area contributed by atoms with Crippen LogP contribution in [0.2, 0.25) is 0 Å². The number of halogens is 3. The zero-order chi connectivity index (χ0) is 16.5. The lowest BCUT2D eigenvalue weighted by atomic mass is 10.2. The Bertz CT molecular complexity index is 469. The summed E-state index contributed by atoms with van der Waals surface area (Å²) < 4.78 is 0. The maximum atomic E-state index is 11.7. The van der Waals surface area contributed by atoms with Gasteiger partial charge in [0.15, 0.2) is 0 Å². The molecule has 0 aliphatic carbocycles. The standard InChI is InChI=1S/C18H30N4O.3ClH/c1-16(19)7-8-18(23)20-9-10-21-11-13-22(14-12-21)15-17-5-3-2-4-6-17;;;/h2-6,16H,7-15,19H2,1H3,(H,20,23);3*1H. The monoisotopic (exact) mass is 426 g/mol. The van der Waals surface area contributed by atoms with E-state index in [2.05, 4.69) is 45.4 Å². The molecule has 26 heavy (non-hydrogen) atoms. The highest BCUT2D eigenvalue weighted by molar-refractivity contribution is 5.86. The van der Waals surface area contributed by atoms with E-state index in [9.17, 15) is 4.79 Å². The van der Waals surface area contributed by atoms with Gasteiger partial charge in [0.25, 0.3) is 0 Å². The van der Waals surface area contributed by atoms with Crippen LogP contribution in [0.1, 0.15) is 25.3 Å². The Balaban J connectivity index is 0. The van der Waals surface area contributed by atoms with Crippen LogP contribution in [0.5, 0.6) is 0 Å². The number of piperazine rings is 1. The summed E-state index contributed by atoms with van der Waals surface area (Å²) >= 11 is 0. The number of rotatable bonds is 8. The maximum Gasteiger partial charge on any atom is 0.220 e. The van der Waals surface area contributed by atoms with Gasteiger partial charge in [0.1, 0.15) is 0 Å². The van der Waals surface area contributed by atoms with E-state index in [1.165, 1.54) is 5.56 Å². The van der Waals surface area contributed by atoms with E-state index >= 15 is 0 Å². The molecule has 0 radical (unpaired) electrons. The van der Waals surface area contributed by atoms with Gasteiger partial charge in [-0.2, -0.15) is 0 Å². The average Bonchev–Trinajstić information content (AvgIpc) is 2.55. The minimum atomic E-state index is 0. The molecule has 1 atom stereocenters. The molecule has 0 aromatic heterocycles. The van der Waals surface area contributed by atoms with Crippen molar-refractivity contribution in [3.63, 3.8) is 0 Å². The summed E-state index contributed by atoms with van der Waals surface area (Å²) in [7, 11) is 0. The molecule has 1 heterocycles. The molecule has 1 aromatic rings. The first-order valence-electron chi connectivity index (χ1n) is 8.64. The number of nitrogens with zero attached hydrogens (tertiary/aromatic N) is 2. The summed E-state index contributed by atoms with van der Waals surface area (Å²) in [5.41, 5.74) is 7.04. The van der Waals surface area contributed by atoms with E-state index in [0.29, 0.717) is 6.42 Å². The molecule has 0 spiro atoms. The molecule has 1 saturated heterocycles. The second-order valence-electron chi connectivity index (χ2n) is 6.47. The Kier molecular flexibility index (Phi) is 16.5. The van der Waals surface area contributed by atoms with Crippen LogP contribution < -0.4 is 11.1 Å². The third-order valence-electron chi connectivity index (χ3n) is 4.29. The summed E-state index contributed by atoms with van der Waals surface area (Å²) in [6, 6.07) is 10.7. The summed E-state index contributed by atoms with van der Waals surface area (Å²) in [5.74, 6) is 0.116. The Hall–Kier alpha value is -0.560. The van der Waals surface area contributed by atoms with Crippen molar-refractivity contribution in [2.45, 2.75) is 32.4 Å². The molecule has 8 heteroatoms. The van der Waals surface area contributed by atoms with Crippen molar-refractivity contribution in [1.29, 1.82) is 0 Å². The van der Waals surface area contributed by atoms with Crippen molar-refractivity contribution >= 4 is 43.1 Å². The number of nitrogens with two attached hydrogens (primary N) is 1. The van der Waals surface area contributed by atoms with Gasteiger partial charge in [0, 0.05) is 58.3 Å². The third kappa shape index (κ3) is 11.2. The van der Waals surface area contributed by atoms with Crippen LogP contribution in [0.25, 0.3) is 0 Å². The van der Waals surface area contributed by atoms with Gasteiger partial charge in [-0.3, -0.25) is 14.6 Å². The molecule has 1 amide bonds. The van der Waals surface area contributed by atoms with Gasteiger partial charge >= 0.3 is 0 Å². The zero-order valence-corrected chi connectivity index (χ0v) is 17.9. The third-order valence-corrected chi connectivity index (χ3v) is 4.29. The van der Waals surface area contributed by atoms with Crippen molar-refractivity contribution in [3.05, 3.63) is 35.9 Å². The highest BCUT2D eigenvalue weighted by Crippen LogP contribution is 2.08. The predicted molar refractivity (Wildman–Crippen MR) is 116 cm³/mol. The van der Waals surface area contributed by atoms with E-state index < -0.39 is 0 Å². The number of hydrogen-bond acceptors (Lipinski definition) is 4. The Morgan fingerprint density at radius 3 is 2.23 bits per heavy atom. The largest absolute Gasteiger partial charge is 0.355 e. The van der Waals surface area contributed by atoms with Gasteiger partial charge in [-0.1, -0.05) is 30.3 Å². The van der Waals surface area contributed by atoms with Gasteiger partial charge in [-0.15, -0.1) is 37.2 Å². The normalized spacial score (nSPS) is 15.8. The summed E-state index contributed by atoms with van der Waals surface area (Å²) in [6.45, 7) is 8.95. The molecule has 1 aliphatic rings. The lowest BCUT2D eigenvalue weighted by Crippen LogP contribution is -2.48. The van der Waals surface area contributed by atoms with Crippen LogP contribution in [0, 0.1) is 0 Å². The number of hydrogen-bond donors (Lipinski definition) is 2. The van der Waals surface area contributed by atoms with Gasteiger partial charge < -0.3 is 11.1 Å². The van der Waals surface area contributed by atoms with Crippen LogP contribution in [0.15, 0.2) is 30.3 Å². The molecule has 1 fully saturated rings. The van der Waals surface area contributed by atoms with Gasteiger partial charge in [0.2, 0.25) is 5.91 Å². The molecule has 1 aliphatic heterocycles. The lowest BCUT2D eigenvalue weighted by molar-refractivity contribution is -0.121. The van der Waals surface area contributed by atoms with Crippen molar-refractivity contribution in [3.8, 4) is 0 Å². The number of carbonyl (C=O) groups is 1. The van der Waals surface area contributed by atoms with Gasteiger partial charge in [0.05, 0.1) is 0 Å². The van der Waals surface area contributed by atoms with E-state index in [4.69, 9.17) is 5.73 Å². The van der Waals surface area contributed by atoms with Crippen LogP contribution in [-0.4, -0.2) is 61.0 Å². The smallest absolute Gasteiger partial charge is 0.220 e. The quantitative estimate of drug-likeness (QED) is 0.668. The Morgan fingerprint density at radius 1 is 1.08 bits per heavy atom. The molecular formula is C18H33Cl3N4O. The lowest BCUT2D eigenvalue weighted by Gasteiger charge is -2.34. The fraction of sp³-hybridized carbons (Fsp3) is 0.611. The first-order chi connectivity index (χ1) is 11.1. The molecule has 2 rings (SSSR count). The first-order valence-corrected chi connectivity index (χ1v) is 8.64. The SMILES string of the molecule is CC(N)CCC(=O)NCCN1CCN(Cc2ccccc2)CC1.Cl.Cl.Cl. The molecule has 0 bridgehead atoms. The number of nitrogens with one attached hydrogen (secondary N) is 1. The van der Waals surface area contributed by atoms with Crippen LogP contribution >= 0.6 is 37.2 Å². The van der Waals surface area contributed by atoms with Crippen molar-refractivity contribution in [1.82, 2.24) is 15.1 Å². The Morgan fingerprint density at radius 2 is 1.65 bits per heavy atom. The van der Waals surface area contributed by atoms with Crippen molar-refractivity contribution < 1.29 is 4.79 Å².